The van der Waals surface area contributed by atoms with Crippen LogP contribution in [0.15, 0.2) is 49.1 Å². The molecule has 3 aromatic rings. The third-order valence-corrected chi connectivity index (χ3v) is 4.84. The molecule has 0 spiro atoms. The van der Waals surface area contributed by atoms with Crippen molar-refractivity contribution in [1.82, 2.24) is 14.9 Å². The lowest BCUT2D eigenvalue weighted by atomic mass is 9.96. The SMILES string of the molecule is CC(=O)Nc1c(C)c(Cc2ccc(-n3ccnc3)cc2)cc(C)c1OCCNC=O. The highest BCUT2D eigenvalue weighted by molar-refractivity contribution is 5.92. The van der Waals surface area contributed by atoms with Gasteiger partial charge in [-0.1, -0.05) is 18.2 Å². The van der Waals surface area contributed by atoms with Gasteiger partial charge >= 0.3 is 0 Å². The number of hydrogen-bond donors (Lipinski definition) is 2. The van der Waals surface area contributed by atoms with Gasteiger partial charge in [0.1, 0.15) is 12.4 Å². The first-order valence-corrected chi connectivity index (χ1v) is 9.77. The highest BCUT2D eigenvalue weighted by Gasteiger charge is 2.16. The third kappa shape index (κ3) is 5.05. The second-order valence-corrected chi connectivity index (χ2v) is 7.10. The number of carbonyl (C=O) groups is 2. The standard InChI is InChI=1S/C23H26N4O3/c1-16-12-20(13-19-4-6-21(7-5-19)27-10-8-24-14-27)17(2)22(26-18(3)29)23(16)30-11-9-25-15-28/h4-8,10,12,14-15H,9,11,13H2,1-3H3,(H,25,28)(H,26,29). The van der Waals surface area contributed by atoms with Gasteiger partial charge < -0.3 is 19.9 Å². The van der Waals surface area contributed by atoms with E-state index in [1.54, 1.807) is 12.5 Å². The fraction of sp³-hybridized carbons (Fsp3) is 0.261. The van der Waals surface area contributed by atoms with Crippen molar-refractivity contribution in [2.75, 3.05) is 18.5 Å². The number of anilines is 1. The monoisotopic (exact) mass is 406 g/mol. The van der Waals surface area contributed by atoms with Crippen LogP contribution in [0.2, 0.25) is 0 Å². The van der Waals surface area contributed by atoms with Gasteiger partial charge in [-0.25, -0.2) is 4.98 Å². The largest absolute Gasteiger partial charge is 0.489 e. The fourth-order valence-electron chi connectivity index (χ4n) is 3.35. The lowest BCUT2D eigenvalue weighted by Crippen LogP contribution is -2.20. The normalized spacial score (nSPS) is 10.5. The van der Waals surface area contributed by atoms with E-state index in [1.807, 2.05) is 24.6 Å². The molecule has 0 aliphatic rings. The number of aromatic nitrogens is 2. The van der Waals surface area contributed by atoms with Crippen molar-refractivity contribution >= 4 is 18.0 Å². The van der Waals surface area contributed by atoms with E-state index in [0.29, 0.717) is 31.0 Å². The maximum absolute atomic E-state index is 11.8. The molecule has 0 unspecified atom stereocenters. The minimum absolute atomic E-state index is 0.157. The minimum Gasteiger partial charge on any atom is -0.489 e. The molecule has 0 radical (unpaired) electrons. The number of carbonyl (C=O) groups excluding carboxylic acids is 2. The van der Waals surface area contributed by atoms with Crippen molar-refractivity contribution in [1.29, 1.82) is 0 Å². The summed E-state index contributed by atoms with van der Waals surface area (Å²) in [5.74, 6) is 0.477. The Hall–Kier alpha value is -3.61. The van der Waals surface area contributed by atoms with Crippen LogP contribution in [-0.4, -0.2) is 35.0 Å². The number of nitrogens with one attached hydrogen (secondary N) is 2. The smallest absolute Gasteiger partial charge is 0.221 e. The molecule has 7 heteroatoms. The van der Waals surface area contributed by atoms with Gasteiger partial charge in [-0.05, 0) is 54.7 Å². The Balaban J connectivity index is 1.86. The lowest BCUT2D eigenvalue weighted by molar-refractivity contribution is -0.114. The highest BCUT2D eigenvalue weighted by Crippen LogP contribution is 2.35. The zero-order chi connectivity index (χ0) is 21.5. The Morgan fingerprint density at radius 1 is 1.23 bits per heavy atom. The molecular formula is C23H26N4O3. The van der Waals surface area contributed by atoms with Gasteiger partial charge in [-0.3, -0.25) is 9.59 Å². The quantitative estimate of drug-likeness (QED) is 0.422. The molecule has 0 fully saturated rings. The van der Waals surface area contributed by atoms with Crippen molar-refractivity contribution in [3.8, 4) is 11.4 Å². The van der Waals surface area contributed by atoms with Crippen molar-refractivity contribution in [3.05, 3.63) is 71.3 Å². The summed E-state index contributed by atoms with van der Waals surface area (Å²) < 4.78 is 7.83. The molecule has 1 aromatic heterocycles. The Morgan fingerprint density at radius 2 is 2.00 bits per heavy atom. The van der Waals surface area contributed by atoms with Crippen molar-refractivity contribution in [2.24, 2.45) is 0 Å². The van der Waals surface area contributed by atoms with Crippen LogP contribution in [0, 0.1) is 13.8 Å². The van der Waals surface area contributed by atoms with Crippen molar-refractivity contribution in [2.45, 2.75) is 27.2 Å². The first-order chi connectivity index (χ1) is 14.5. The summed E-state index contributed by atoms with van der Waals surface area (Å²) in [5, 5.41) is 5.49. The van der Waals surface area contributed by atoms with E-state index in [1.165, 1.54) is 12.5 Å². The van der Waals surface area contributed by atoms with Crippen molar-refractivity contribution in [3.63, 3.8) is 0 Å². The molecule has 30 heavy (non-hydrogen) atoms. The number of aryl methyl sites for hydroxylation is 1. The molecule has 1 heterocycles. The van der Waals surface area contributed by atoms with Gasteiger partial charge in [0, 0.05) is 25.0 Å². The molecule has 156 valence electrons. The second kappa shape index (κ2) is 9.73. The van der Waals surface area contributed by atoms with E-state index in [4.69, 9.17) is 4.74 Å². The number of ether oxygens (including phenoxy) is 1. The average molecular weight is 406 g/mol. The summed E-state index contributed by atoms with van der Waals surface area (Å²) >= 11 is 0. The number of nitrogens with zero attached hydrogens (tertiary/aromatic N) is 2. The van der Waals surface area contributed by atoms with Gasteiger partial charge in [0.25, 0.3) is 0 Å². The van der Waals surface area contributed by atoms with Crippen LogP contribution in [0.3, 0.4) is 0 Å². The van der Waals surface area contributed by atoms with E-state index in [-0.39, 0.29) is 5.91 Å². The number of amides is 2. The Labute approximate surface area is 176 Å². The van der Waals surface area contributed by atoms with E-state index >= 15 is 0 Å². The maximum atomic E-state index is 11.8. The summed E-state index contributed by atoms with van der Waals surface area (Å²) in [4.78, 5) is 26.3. The van der Waals surface area contributed by atoms with Gasteiger partial charge in [0.15, 0.2) is 0 Å². The molecule has 2 N–H and O–H groups in total. The highest BCUT2D eigenvalue weighted by atomic mass is 16.5. The van der Waals surface area contributed by atoms with E-state index in [2.05, 4.69) is 45.9 Å². The molecule has 2 aromatic carbocycles. The molecule has 0 aliphatic carbocycles. The minimum atomic E-state index is -0.157. The molecule has 0 aliphatic heterocycles. The van der Waals surface area contributed by atoms with Gasteiger partial charge in [0.2, 0.25) is 12.3 Å². The zero-order valence-electron chi connectivity index (χ0n) is 17.4. The molecule has 0 atom stereocenters. The Morgan fingerprint density at radius 3 is 2.63 bits per heavy atom. The molecule has 0 bridgehead atoms. The van der Waals surface area contributed by atoms with E-state index in [9.17, 15) is 9.59 Å². The summed E-state index contributed by atoms with van der Waals surface area (Å²) in [6.07, 6.45) is 6.80. The third-order valence-electron chi connectivity index (χ3n) is 4.84. The van der Waals surface area contributed by atoms with Crippen molar-refractivity contribution < 1.29 is 14.3 Å². The molecule has 0 saturated carbocycles. The van der Waals surface area contributed by atoms with E-state index < -0.39 is 0 Å². The number of benzene rings is 2. The second-order valence-electron chi connectivity index (χ2n) is 7.10. The van der Waals surface area contributed by atoms with Crippen LogP contribution in [0.5, 0.6) is 5.75 Å². The van der Waals surface area contributed by atoms with Crippen LogP contribution in [-0.2, 0) is 16.0 Å². The van der Waals surface area contributed by atoms with Crippen LogP contribution < -0.4 is 15.4 Å². The van der Waals surface area contributed by atoms with Crippen LogP contribution >= 0.6 is 0 Å². The topological polar surface area (TPSA) is 85.2 Å². The average Bonchev–Trinajstić information content (AvgIpc) is 3.26. The van der Waals surface area contributed by atoms with Crippen LogP contribution in [0.4, 0.5) is 5.69 Å². The summed E-state index contributed by atoms with van der Waals surface area (Å²) in [5.41, 5.74) is 5.91. The van der Waals surface area contributed by atoms with E-state index in [0.717, 1.165) is 28.8 Å². The van der Waals surface area contributed by atoms with Gasteiger partial charge in [-0.15, -0.1) is 0 Å². The zero-order valence-corrected chi connectivity index (χ0v) is 17.4. The molecule has 3 rings (SSSR count). The predicted octanol–water partition coefficient (Wildman–Crippen LogP) is 3.16. The van der Waals surface area contributed by atoms with Gasteiger partial charge in [0.05, 0.1) is 18.6 Å². The molecular weight excluding hydrogens is 380 g/mol. The summed E-state index contributed by atoms with van der Waals surface area (Å²) in [6.45, 7) is 6.14. The lowest BCUT2D eigenvalue weighted by Gasteiger charge is -2.20. The number of rotatable bonds is 9. The number of hydrogen-bond acceptors (Lipinski definition) is 4. The fourth-order valence-corrected chi connectivity index (χ4v) is 3.35. The first kappa shape index (κ1) is 21.1. The Bertz CT molecular complexity index is 1010. The molecule has 2 amide bonds. The first-order valence-electron chi connectivity index (χ1n) is 9.77. The van der Waals surface area contributed by atoms with Crippen LogP contribution in [0.1, 0.15) is 29.2 Å². The number of imidazole rings is 1. The Kier molecular flexibility index (Phi) is 6.85. The summed E-state index contributed by atoms with van der Waals surface area (Å²) in [6, 6.07) is 10.4. The molecule has 7 nitrogen and oxygen atoms in total. The predicted molar refractivity (Wildman–Crippen MR) is 116 cm³/mol. The van der Waals surface area contributed by atoms with Crippen LogP contribution in [0.25, 0.3) is 5.69 Å². The maximum Gasteiger partial charge on any atom is 0.221 e. The molecule has 0 saturated heterocycles. The summed E-state index contributed by atoms with van der Waals surface area (Å²) in [7, 11) is 0. The van der Waals surface area contributed by atoms with Gasteiger partial charge in [-0.2, -0.15) is 0 Å².